The van der Waals surface area contributed by atoms with Crippen molar-refractivity contribution in [3.8, 4) is 16.5 Å². The van der Waals surface area contributed by atoms with E-state index >= 15 is 0 Å². The van der Waals surface area contributed by atoms with Crippen molar-refractivity contribution in [1.29, 1.82) is 0 Å². The van der Waals surface area contributed by atoms with Crippen LogP contribution in [-0.4, -0.2) is 20.5 Å². The molecule has 5 nitrogen and oxygen atoms in total. The predicted octanol–water partition coefficient (Wildman–Crippen LogP) is 4.18. The molecule has 3 aromatic rings. The highest BCUT2D eigenvalue weighted by Gasteiger charge is 2.19. The molecule has 0 aliphatic rings. The molecule has 0 aliphatic carbocycles. The van der Waals surface area contributed by atoms with Crippen LogP contribution in [0.15, 0.2) is 46.4 Å². The van der Waals surface area contributed by atoms with E-state index < -0.39 is 9.84 Å². The minimum atomic E-state index is -3.45. The van der Waals surface area contributed by atoms with Crippen LogP contribution in [0, 0.1) is 0 Å². The minimum Gasteiger partial charge on any atom is -0.496 e. The summed E-state index contributed by atoms with van der Waals surface area (Å²) in [4.78, 5) is 5.10. The molecule has 0 bridgehead atoms. The number of ether oxygens (including phenoxy) is 1. The minimum absolute atomic E-state index is 0.183. The Morgan fingerprint density at radius 1 is 1.29 bits per heavy atom. The summed E-state index contributed by atoms with van der Waals surface area (Å²) < 4.78 is 35.5. The molecule has 0 N–H and O–H groups in total. The number of sulfone groups is 1. The lowest BCUT2D eigenvalue weighted by molar-refractivity contribution is 0.411. The number of halogens is 1. The molecular weight excluding hydrogens is 370 g/mol. The van der Waals surface area contributed by atoms with Crippen LogP contribution in [0.1, 0.15) is 11.3 Å². The van der Waals surface area contributed by atoms with Gasteiger partial charge in [0.1, 0.15) is 12.0 Å². The summed E-state index contributed by atoms with van der Waals surface area (Å²) in [6.07, 6.45) is 1.38. The standard InChI is InChI=1S/C16H14ClNO4S2/c1-21-14-5-4-12(17)7-11(14)9-24(19,20)10-13-8-22-16(18-13)15-3-2-6-23-15/h2-8H,9-10H2,1H3. The zero-order valence-corrected chi connectivity index (χ0v) is 15.1. The monoisotopic (exact) mass is 383 g/mol. The second-order valence-electron chi connectivity index (χ2n) is 5.11. The first-order chi connectivity index (χ1) is 11.5. The average Bonchev–Trinajstić information content (AvgIpc) is 3.17. The first-order valence-corrected chi connectivity index (χ1v) is 10.1. The molecule has 8 heteroatoms. The summed E-state index contributed by atoms with van der Waals surface area (Å²) >= 11 is 7.43. The Bertz CT molecular complexity index is 933. The second-order valence-corrected chi connectivity index (χ2v) is 8.56. The molecule has 0 unspecified atom stereocenters. The van der Waals surface area contributed by atoms with Gasteiger partial charge in [-0.15, -0.1) is 11.3 Å². The van der Waals surface area contributed by atoms with Gasteiger partial charge in [0.05, 0.1) is 29.2 Å². The maximum absolute atomic E-state index is 12.5. The molecule has 3 rings (SSSR count). The molecule has 0 atom stereocenters. The maximum Gasteiger partial charge on any atom is 0.236 e. The van der Waals surface area contributed by atoms with Crippen LogP contribution in [0.25, 0.3) is 10.8 Å². The van der Waals surface area contributed by atoms with E-state index in [2.05, 4.69) is 4.98 Å². The molecule has 0 radical (unpaired) electrons. The largest absolute Gasteiger partial charge is 0.496 e. The fourth-order valence-electron chi connectivity index (χ4n) is 2.26. The molecule has 126 valence electrons. The first-order valence-electron chi connectivity index (χ1n) is 6.98. The van der Waals surface area contributed by atoms with Gasteiger partial charge in [0, 0.05) is 10.6 Å². The van der Waals surface area contributed by atoms with Crippen LogP contribution in [0.5, 0.6) is 5.75 Å². The number of hydrogen-bond donors (Lipinski definition) is 0. The Hall–Kier alpha value is -1.83. The summed E-state index contributed by atoms with van der Waals surface area (Å²) in [5.74, 6) is 0.521. The van der Waals surface area contributed by atoms with Crippen LogP contribution >= 0.6 is 22.9 Å². The number of rotatable bonds is 6. The van der Waals surface area contributed by atoms with E-state index in [1.54, 1.807) is 18.2 Å². The molecule has 0 spiro atoms. The number of hydrogen-bond acceptors (Lipinski definition) is 6. The highest BCUT2D eigenvalue weighted by atomic mass is 35.5. The van der Waals surface area contributed by atoms with Crippen LogP contribution in [0.2, 0.25) is 5.02 Å². The van der Waals surface area contributed by atoms with E-state index in [1.807, 2.05) is 17.5 Å². The summed E-state index contributed by atoms with van der Waals surface area (Å²) in [5.41, 5.74) is 0.895. The number of methoxy groups -OCH3 is 1. The Balaban J connectivity index is 1.78. The van der Waals surface area contributed by atoms with Crippen molar-refractivity contribution >= 4 is 32.8 Å². The highest BCUT2D eigenvalue weighted by molar-refractivity contribution is 7.89. The third kappa shape index (κ3) is 3.98. The third-order valence-corrected chi connectivity index (χ3v) is 5.85. The van der Waals surface area contributed by atoms with Crippen molar-refractivity contribution in [2.45, 2.75) is 11.5 Å². The van der Waals surface area contributed by atoms with E-state index in [4.69, 9.17) is 20.8 Å². The van der Waals surface area contributed by atoms with E-state index in [1.165, 1.54) is 24.7 Å². The summed E-state index contributed by atoms with van der Waals surface area (Å²) in [5, 5.41) is 2.36. The van der Waals surface area contributed by atoms with Crippen molar-refractivity contribution in [2.75, 3.05) is 7.11 Å². The van der Waals surface area contributed by atoms with Gasteiger partial charge in [-0.3, -0.25) is 0 Å². The van der Waals surface area contributed by atoms with Crippen LogP contribution in [0.3, 0.4) is 0 Å². The molecule has 0 aliphatic heterocycles. The van der Waals surface area contributed by atoms with Gasteiger partial charge in [0.25, 0.3) is 0 Å². The van der Waals surface area contributed by atoms with Gasteiger partial charge < -0.3 is 9.15 Å². The van der Waals surface area contributed by atoms with E-state index in [0.717, 1.165) is 4.88 Å². The number of thiophene rings is 1. The van der Waals surface area contributed by atoms with Crippen LogP contribution < -0.4 is 4.74 Å². The molecule has 0 saturated carbocycles. The fourth-order valence-corrected chi connectivity index (χ4v) is 4.49. The van der Waals surface area contributed by atoms with E-state index in [-0.39, 0.29) is 11.5 Å². The predicted molar refractivity (Wildman–Crippen MR) is 94.1 cm³/mol. The molecular formula is C16H14ClNO4S2. The van der Waals surface area contributed by atoms with E-state index in [9.17, 15) is 8.42 Å². The molecule has 0 fully saturated rings. The zero-order chi connectivity index (χ0) is 17.2. The number of benzene rings is 1. The maximum atomic E-state index is 12.5. The van der Waals surface area contributed by atoms with Crippen molar-refractivity contribution in [2.24, 2.45) is 0 Å². The highest BCUT2D eigenvalue weighted by Crippen LogP contribution is 2.27. The summed E-state index contributed by atoms with van der Waals surface area (Å²) in [6.45, 7) is 0. The van der Waals surface area contributed by atoms with E-state index in [0.29, 0.717) is 27.9 Å². The topological polar surface area (TPSA) is 69.4 Å². The van der Waals surface area contributed by atoms with Gasteiger partial charge >= 0.3 is 0 Å². The smallest absolute Gasteiger partial charge is 0.236 e. The molecule has 0 amide bonds. The Labute approximate surface area is 148 Å². The van der Waals surface area contributed by atoms with Crippen molar-refractivity contribution in [1.82, 2.24) is 4.98 Å². The second kappa shape index (κ2) is 6.96. The van der Waals surface area contributed by atoms with Crippen LogP contribution in [-0.2, 0) is 21.3 Å². The van der Waals surface area contributed by atoms with Gasteiger partial charge in [0.15, 0.2) is 9.84 Å². The van der Waals surface area contributed by atoms with Crippen molar-refractivity contribution in [3.05, 3.63) is 58.3 Å². The van der Waals surface area contributed by atoms with Gasteiger partial charge in [-0.25, -0.2) is 13.4 Å². The average molecular weight is 384 g/mol. The quantitative estimate of drug-likeness (QED) is 0.638. The zero-order valence-electron chi connectivity index (χ0n) is 12.7. The molecule has 0 saturated heterocycles. The Kier molecular flexibility index (Phi) is 4.93. The lowest BCUT2D eigenvalue weighted by Gasteiger charge is -2.09. The summed E-state index contributed by atoms with van der Waals surface area (Å²) in [6, 6.07) is 8.65. The van der Waals surface area contributed by atoms with Crippen molar-refractivity contribution in [3.63, 3.8) is 0 Å². The Morgan fingerprint density at radius 3 is 2.83 bits per heavy atom. The SMILES string of the molecule is COc1ccc(Cl)cc1CS(=O)(=O)Cc1coc(-c2cccs2)n1. The number of nitrogens with zero attached hydrogens (tertiary/aromatic N) is 1. The molecule has 1 aromatic carbocycles. The lowest BCUT2D eigenvalue weighted by atomic mass is 10.2. The summed E-state index contributed by atoms with van der Waals surface area (Å²) in [7, 11) is -1.96. The normalized spacial score (nSPS) is 11.6. The van der Waals surface area contributed by atoms with Crippen molar-refractivity contribution < 1.29 is 17.6 Å². The fraction of sp³-hybridized carbons (Fsp3) is 0.188. The Morgan fingerprint density at radius 2 is 2.12 bits per heavy atom. The number of aromatic nitrogens is 1. The third-order valence-electron chi connectivity index (χ3n) is 3.27. The van der Waals surface area contributed by atoms with Gasteiger partial charge in [-0.2, -0.15) is 0 Å². The molecule has 2 aromatic heterocycles. The van der Waals surface area contributed by atoms with Gasteiger partial charge in [-0.1, -0.05) is 17.7 Å². The molecule has 24 heavy (non-hydrogen) atoms. The number of oxazole rings is 1. The van der Waals surface area contributed by atoms with Crippen LogP contribution in [0.4, 0.5) is 0 Å². The first kappa shape index (κ1) is 17.0. The van der Waals surface area contributed by atoms with Gasteiger partial charge in [0.2, 0.25) is 5.89 Å². The lowest BCUT2D eigenvalue weighted by Crippen LogP contribution is -2.09. The van der Waals surface area contributed by atoms with Gasteiger partial charge in [-0.05, 0) is 29.6 Å². The molecule has 2 heterocycles.